The van der Waals surface area contributed by atoms with Gasteiger partial charge >= 0.3 is 0 Å². The molecule has 3 aromatic carbocycles. The molecule has 2 bridgehead atoms. The maximum Gasteiger partial charge on any atom is 0.205 e. The zero-order valence-corrected chi connectivity index (χ0v) is 20.0. The molecule has 0 radical (unpaired) electrons. The Morgan fingerprint density at radius 3 is 2.51 bits per heavy atom. The van der Waals surface area contributed by atoms with E-state index in [0.717, 1.165) is 0 Å². The molecule has 2 aliphatic rings. The molecule has 3 atom stereocenters. The highest BCUT2D eigenvalue weighted by Gasteiger charge is 2.66. The monoisotopic (exact) mass is 493 g/mol. The van der Waals surface area contributed by atoms with E-state index in [1.165, 1.54) is 4.57 Å². The van der Waals surface area contributed by atoms with Crippen molar-refractivity contribution >= 4 is 10.8 Å². The first-order chi connectivity index (χ1) is 17.8. The van der Waals surface area contributed by atoms with E-state index in [9.17, 15) is 20.6 Å². The Kier molecular flexibility index (Phi) is 4.96. The summed E-state index contributed by atoms with van der Waals surface area (Å²) in [6, 6.07) is 21.7. The molecule has 4 aromatic rings. The van der Waals surface area contributed by atoms with Crippen molar-refractivity contribution in [1.29, 1.82) is 10.5 Å². The van der Waals surface area contributed by atoms with E-state index in [0.29, 0.717) is 50.9 Å². The fraction of sp³-hybridized carbons (Fsp3) is 0.241. The van der Waals surface area contributed by atoms with Crippen LogP contribution in [0.4, 0.5) is 0 Å². The number of aromatic nitrogens is 1. The van der Waals surface area contributed by atoms with Crippen molar-refractivity contribution in [2.75, 3.05) is 6.61 Å². The number of hydrogen-bond donors (Lipinski definition) is 3. The van der Waals surface area contributed by atoms with Gasteiger partial charge in [0.05, 0.1) is 52.8 Å². The van der Waals surface area contributed by atoms with E-state index < -0.39 is 17.3 Å². The first-order valence-corrected chi connectivity index (χ1v) is 11.9. The maximum absolute atomic E-state index is 11.5. The number of nitriles is 2. The topological polar surface area (TPSA) is 132 Å². The van der Waals surface area contributed by atoms with Crippen LogP contribution in [0, 0.1) is 22.7 Å². The predicted octanol–water partition coefficient (Wildman–Crippen LogP) is 4.46. The third-order valence-electron chi connectivity index (χ3n) is 7.64. The van der Waals surface area contributed by atoms with Gasteiger partial charge in [-0.2, -0.15) is 10.5 Å². The molecule has 1 saturated heterocycles. The molecule has 2 aliphatic heterocycles. The van der Waals surface area contributed by atoms with E-state index in [2.05, 4.69) is 12.1 Å². The van der Waals surface area contributed by atoms with Crippen LogP contribution in [0.25, 0.3) is 16.5 Å². The van der Waals surface area contributed by atoms with Crippen molar-refractivity contribution < 1.29 is 24.8 Å². The lowest BCUT2D eigenvalue weighted by molar-refractivity contribution is -0.107. The molecule has 6 rings (SSSR count). The maximum atomic E-state index is 11.5. The Morgan fingerprint density at radius 1 is 1.00 bits per heavy atom. The average Bonchev–Trinajstić information content (AvgIpc) is 3.44. The highest BCUT2D eigenvalue weighted by Crippen LogP contribution is 2.65. The van der Waals surface area contributed by atoms with Crippen molar-refractivity contribution in [2.24, 2.45) is 0 Å². The SMILES string of the molecule is C[C@@]12O[C@@](CCOc3cccc(C#N)c3)(CC1O)c1c2c(O)n(-c2ccc(C#N)c3ccccc23)c1O. The minimum Gasteiger partial charge on any atom is -0.494 e. The Balaban J connectivity index is 1.44. The van der Waals surface area contributed by atoms with Gasteiger partial charge in [-0.15, -0.1) is 0 Å². The van der Waals surface area contributed by atoms with Gasteiger partial charge in [0.15, 0.2) is 0 Å². The van der Waals surface area contributed by atoms with Gasteiger partial charge in [-0.25, -0.2) is 0 Å². The lowest BCUT2D eigenvalue weighted by Crippen LogP contribution is -2.33. The summed E-state index contributed by atoms with van der Waals surface area (Å²) >= 11 is 0. The molecule has 3 N–H and O–H groups in total. The lowest BCUT2D eigenvalue weighted by Gasteiger charge is -2.26. The van der Waals surface area contributed by atoms with Gasteiger partial charge in [-0.05, 0) is 37.3 Å². The number of ether oxygens (including phenoxy) is 2. The third kappa shape index (κ3) is 3.14. The van der Waals surface area contributed by atoms with E-state index >= 15 is 0 Å². The van der Waals surface area contributed by atoms with Crippen molar-refractivity contribution in [3.8, 4) is 35.3 Å². The minimum atomic E-state index is -1.22. The van der Waals surface area contributed by atoms with Crippen LogP contribution >= 0.6 is 0 Å². The van der Waals surface area contributed by atoms with Crippen LogP contribution in [0.15, 0.2) is 60.7 Å². The molecule has 1 aromatic heterocycles. The summed E-state index contributed by atoms with van der Waals surface area (Å²) < 4.78 is 13.6. The van der Waals surface area contributed by atoms with Crippen LogP contribution in [0.5, 0.6) is 17.5 Å². The normalized spacial score (nSPS) is 23.5. The molecular formula is C29H23N3O5. The van der Waals surface area contributed by atoms with Gasteiger partial charge in [0.25, 0.3) is 0 Å². The van der Waals surface area contributed by atoms with Crippen molar-refractivity contribution in [3.05, 3.63) is 82.9 Å². The molecule has 0 amide bonds. The molecule has 1 unspecified atom stereocenters. The molecule has 0 spiro atoms. The molecule has 0 saturated carbocycles. The van der Waals surface area contributed by atoms with Gasteiger partial charge in [0, 0.05) is 23.6 Å². The van der Waals surface area contributed by atoms with Gasteiger partial charge in [-0.3, -0.25) is 4.57 Å². The minimum absolute atomic E-state index is 0.176. The molecule has 3 heterocycles. The van der Waals surface area contributed by atoms with Crippen LogP contribution in [0.3, 0.4) is 0 Å². The average molecular weight is 494 g/mol. The lowest BCUT2D eigenvalue weighted by atomic mass is 9.76. The zero-order valence-electron chi connectivity index (χ0n) is 20.0. The molecule has 0 aliphatic carbocycles. The van der Waals surface area contributed by atoms with Crippen molar-refractivity contribution in [1.82, 2.24) is 4.57 Å². The first-order valence-electron chi connectivity index (χ1n) is 11.9. The molecule has 37 heavy (non-hydrogen) atoms. The Hall–Kier alpha value is -4.50. The summed E-state index contributed by atoms with van der Waals surface area (Å²) in [5.74, 6) is 0.140. The van der Waals surface area contributed by atoms with Crippen LogP contribution in [0.2, 0.25) is 0 Å². The van der Waals surface area contributed by atoms with Gasteiger partial charge in [-0.1, -0.05) is 30.3 Å². The molecule has 8 nitrogen and oxygen atoms in total. The molecule has 1 fully saturated rings. The number of fused-ring (bicyclic) bond motifs is 6. The first kappa shape index (κ1) is 22.9. The number of aromatic hydroxyl groups is 2. The van der Waals surface area contributed by atoms with Gasteiger partial charge in [0.1, 0.15) is 17.0 Å². The second kappa shape index (κ2) is 8.01. The number of aliphatic hydroxyl groups is 1. The zero-order chi connectivity index (χ0) is 25.9. The van der Waals surface area contributed by atoms with Crippen LogP contribution < -0.4 is 4.74 Å². The second-order valence-electron chi connectivity index (χ2n) is 9.68. The van der Waals surface area contributed by atoms with E-state index in [4.69, 9.17) is 14.7 Å². The van der Waals surface area contributed by atoms with Gasteiger partial charge in [0.2, 0.25) is 11.8 Å². The highest BCUT2D eigenvalue weighted by molar-refractivity contribution is 5.95. The number of aliphatic hydroxyl groups excluding tert-OH is 1. The Morgan fingerprint density at radius 2 is 1.76 bits per heavy atom. The fourth-order valence-corrected chi connectivity index (χ4v) is 5.91. The number of rotatable bonds is 5. The summed E-state index contributed by atoms with van der Waals surface area (Å²) in [4.78, 5) is 0. The standard InChI is InChI=1S/C29H23N3O5/c1-28-23(33)14-29(37-28,11-12-36-19-6-4-5-17(13-19)15-30)25-24(28)26(34)32(27(25)35)22-10-9-18(16-31)20-7-2-3-8-21(20)22/h2-10,13,23,33-35H,11-12,14H2,1H3/t23?,28-,29+/m1/s1. The molecular weight excluding hydrogens is 470 g/mol. The van der Waals surface area contributed by atoms with E-state index in [1.54, 1.807) is 43.3 Å². The summed E-state index contributed by atoms with van der Waals surface area (Å²) in [5, 5.41) is 54.0. The molecule has 8 heteroatoms. The molecule has 184 valence electrons. The smallest absolute Gasteiger partial charge is 0.205 e. The van der Waals surface area contributed by atoms with E-state index in [1.807, 2.05) is 24.3 Å². The summed E-state index contributed by atoms with van der Waals surface area (Å²) in [7, 11) is 0. The highest BCUT2D eigenvalue weighted by atomic mass is 16.6. The second-order valence-corrected chi connectivity index (χ2v) is 9.68. The fourth-order valence-electron chi connectivity index (χ4n) is 5.91. The van der Waals surface area contributed by atoms with Crippen LogP contribution in [-0.4, -0.2) is 32.6 Å². The summed E-state index contributed by atoms with van der Waals surface area (Å²) in [6.45, 7) is 1.91. The van der Waals surface area contributed by atoms with Crippen LogP contribution in [-0.2, 0) is 15.9 Å². The quantitative estimate of drug-likeness (QED) is 0.374. The van der Waals surface area contributed by atoms with Gasteiger partial charge < -0.3 is 24.8 Å². The van der Waals surface area contributed by atoms with Crippen LogP contribution in [0.1, 0.15) is 42.0 Å². The Bertz CT molecular complexity index is 1660. The third-order valence-corrected chi connectivity index (χ3v) is 7.64. The Labute approximate surface area is 212 Å². The van der Waals surface area contributed by atoms with E-state index in [-0.39, 0.29) is 24.8 Å². The number of hydrogen-bond acceptors (Lipinski definition) is 7. The number of benzene rings is 3. The summed E-state index contributed by atoms with van der Waals surface area (Å²) in [5.41, 5.74) is -0.0387. The number of nitrogens with zero attached hydrogens (tertiary/aromatic N) is 3. The van der Waals surface area contributed by atoms with Crippen molar-refractivity contribution in [2.45, 2.75) is 37.1 Å². The summed E-state index contributed by atoms with van der Waals surface area (Å²) in [6.07, 6.45) is -0.376. The van der Waals surface area contributed by atoms with Crippen molar-refractivity contribution in [3.63, 3.8) is 0 Å². The predicted molar refractivity (Wildman–Crippen MR) is 133 cm³/mol. The largest absolute Gasteiger partial charge is 0.494 e.